The highest BCUT2D eigenvalue weighted by Gasteiger charge is 2.08. The van der Waals surface area contributed by atoms with Crippen molar-refractivity contribution in [3.63, 3.8) is 0 Å². The summed E-state index contributed by atoms with van der Waals surface area (Å²) in [5.74, 6) is -0.603. The Morgan fingerprint density at radius 1 is 0.842 bits per heavy atom. The lowest BCUT2D eigenvalue weighted by Crippen LogP contribution is -1.84. The van der Waals surface area contributed by atoms with Crippen LogP contribution in [0.15, 0.2) is 54.6 Å². The fourth-order valence-electron chi connectivity index (χ4n) is 2.16. The Bertz CT molecular complexity index is 766. The van der Waals surface area contributed by atoms with Crippen molar-refractivity contribution >= 4 is 10.8 Å². The molecule has 2 N–H and O–H groups in total. The first-order valence-electron chi connectivity index (χ1n) is 5.86. The third-order valence-corrected chi connectivity index (χ3v) is 3.15. The molecule has 0 amide bonds. The van der Waals surface area contributed by atoms with E-state index in [2.05, 4.69) is 0 Å². The van der Waals surface area contributed by atoms with Crippen LogP contribution in [0, 0.1) is 5.82 Å². The van der Waals surface area contributed by atoms with Crippen LogP contribution in [-0.4, -0.2) is 10.2 Å². The highest BCUT2D eigenvalue weighted by atomic mass is 19.1. The van der Waals surface area contributed by atoms with Gasteiger partial charge in [0, 0.05) is 10.9 Å². The molecular weight excluding hydrogens is 243 g/mol. The fourth-order valence-corrected chi connectivity index (χ4v) is 2.16. The summed E-state index contributed by atoms with van der Waals surface area (Å²) >= 11 is 0. The van der Waals surface area contributed by atoms with Crippen molar-refractivity contribution in [1.82, 2.24) is 0 Å². The summed E-state index contributed by atoms with van der Waals surface area (Å²) in [6, 6.07) is 14.8. The highest BCUT2D eigenvalue weighted by molar-refractivity contribution is 5.93. The first-order chi connectivity index (χ1) is 9.16. The van der Waals surface area contributed by atoms with E-state index in [9.17, 15) is 14.6 Å². The summed E-state index contributed by atoms with van der Waals surface area (Å²) < 4.78 is 13.7. The van der Waals surface area contributed by atoms with Gasteiger partial charge in [-0.1, -0.05) is 30.3 Å². The molecule has 0 bridgehead atoms. The number of aromatic hydroxyl groups is 2. The third kappa shape index (κ3) is 1.89. The van der Waals surface area contributed by atoms with Gasteiger partial charge in [-0.2, -0.15) is 0 Å². The van der Waals surface area contributed by atoms with Crippen LogP contribution in [0.1, 0.15) is 0 Å². The lowest BCUT2D eigenvalue weighted by Gasteiger charge is -2.07. The zero-order valence-corrected chi connectivity index (χ0v) is 9.97. The SMILES string of the molecule is Oc1ccc2cc(-c3ccccc3F)ccc2c1O. The minimum atomic E-state index is -0.287. The number of halogens is 1. The van der Waals surface area contributed by atoms with E-state index in [1.54, 1.807) is 42.5 Å². The first kappa shape index (κ1) is 11.5. The highest BCUT2D eigenvalue weighted by Crippen LogP contribution is 2.35. The van der Waals surface area contributed by atoms with Gasteiger partial charge >= 0.3 is 0 Å². The average molecular weight is 254 g/mol. The van der Waals surface area contributed by atoms with Crippen LogP contribution in [-0.2, 0) is 0 Å². The number of phenolic OH excluding ortho intramolecular Hbond substituents is 2. The van der Waals surface area contributed by atoms with Gasteiger partial charge in [-0.3, -0.25) is 0 Å². The van der Waals surface area contributed by atoms with Crippen LogP contribution in [0.2, 0.25) is 0 Å². The van der Waals surface area contributed by atoms with Crippen molar-refractivity contribution in [2.45, 2.75) is 0 Å². The van der Waals surface area contributed by atoms with Gasteiger partial charge in [0.15, 0.2) is 11.5 Å². The van der Waals surface area contributed by atoms with Crippen LogP contribution in [0.25, 0.3) is 21.9 Å². The molecule has 2 nitrogen and oxygen atoms in total. The summed E-state index contributed by atoms with van der Waals surface area (Å²) in [7, 11) is 0. The number of fused-ring (bicyclic) bond motifs is 1. The summed E-state index contributed by atoms with van der Waals surface area (Å²) in [4.78, 5) is 0. The Morgan fingerprint density at radius 2 is 1.63 bits per heavy atom. The zero-order valence-electron chi connectivity index (χ0n) is 9.97. The molecule has 3 rings (SSSR count). The minimum absolute atomic E-state index is 0.155. The minimum Gasteiger partial charge on any atom is -0.504 e. The van der Waals surface area contributed by atoms with Gasteiger partial charge in [-0.15, -0.1) is 0 Å². The Morgan fingerprint density at radius 3 is 2.42 bits per heavy atom. The maximum absolute atomic E-state index is 13.7. The summed E-state index contributed by atoms with van der Waals surface area (Å²) in [5.41, 5.74) is 1.24. The molecule has 94 valence electrons. The van der Waals surface area contributed by atoms with Crippen molar-refractivity contribution in [2.24, 2.45) is 0 Å². The molecule has 0 fully saturated rings. The van der Waals surface area contributed by atoms with Gasteiger partial charge in [0.1, 0.15) is 5.82 Å². The quantitative estimate of drug-likeness (QED) is 0.643. The molecule has 3 heteroatoms. The second-order valence-electron chi connectivity index (χ2n) is 4.35. The van der Waals surface area contributed by atoms with E-state index in [0.717, 1.165) is 10.9 Å². The molecule has 3 aromatic carbocycles. The number of hydrogen-bond acceptors (Lipinski definition) is 2. The molecule has 0 aromatic heterocycles. The van der Waals surface area contributed by atoms with Crippen LogP contribution >= 0.6 is 0 Å². The van der Waals surface area contributed by atoms with Gasteiger partial charge < -0.3 is 10.2 Å². The Hall–Kier alpha value is -2.55. The molecular formula is C16H11FO2. The molecule has 0 aliphatic carbocycles. The number of rotatable bonds is 1. The number of benzene rings is 3. The van der Waals surface area contributed by atoms with Crippen LogP contribution < -0.4 is 0 Å². The number of hydrogen-bond donors (Lipinski definition) is 2. The molecule has 0 saturated heterocycles. The third-order valence-electron chi connectivity index (χ3n) is 3.15. The smallest absolute Gasteiger partial charge is 0.165 e. The maximum Gasteiger partial charge on any atom is 0.165 e. The Labute approximate surface area is 109 Å². The topological polar surface area (TPSA) is 40.5 Å². The predicted molar refractivity (Wildman–Crippen MR) is 72.7 cm³/mol. The lowest BCUT2D eigenvalue weighted by molar-refractivity contribution is 0.408. The van der Waals surface area contributed by atoms with E-state index in [4.69, 9.17) is 0 Å². The van der Waals surface area contributed by atoms with Crippen molar-refractivity contribution in [3.8, 4) is 22.6 Å². The zero-order chi connectivity index (χ0) is 13.4. The van der Waals surface area contributed by atoms with E-state index in [1.807, 2.05) is 0 Å². The van der Waals surface area contributed by atoms with Gasteiger partial charge in [0.25, 0.3) is 0 Å². The molecule has 0 radical (unpaired) electrons. The van der Waals surface area contributed by atoms with Crippen molar-refractivity contribution < 1.29 is 14.6 Å². The predicted octanol–water partition coefficient (Wildman–Crippen LogP) is 4.06. The molecule has 0 atom stereocenters. The van der Waals surface area contributed by atoms with Gasteiger partial charge in [-0.05, 0) is 35.2 Å². The molecule has 0 saturated carbocycles. The fraction of sp³-hybridized carbons (Fsp3) is 0. The summed E-state index contributed by atoms with van der Waals surface area (Å²) in [5, 5.41) is 20.5. The van der Waals surface area contributed by atoms with E-state index < -0.39 is 0 Å². The van der Waals surface area contributed by atoms with Crippen LogP contribution in [0.5, 0.6) is 11.5 Å². The van der Waals surface area contributed by atoms with E-state index >= 15 is 0 Å². The summed E-state index contributed by atoms with van der Waals surface area (Å²) in [6.45, 7) is 0. The molecule has 3 aromatic rings. The van der Waals surface area contributed by atoms with E-state index in [0.29, 0.717) is 10.9 Å². The molecule has 0 spiro atoms. The standard InChI is InChI=1S/C16H11FO2/c17-14-4-2-1-3-12(14)10-5-7-13-11(9-10)6-8-15(18)16(13)19/h1-9,18-19H. The molecule has 0 unspecified atom stereocenters. The van der Waals surface area contributed by atoms with E-state index in [-0.39, 0.29) is 17.3 Å². The molecule has 19 heavy (non-hydrogen) atoms. The van der Waals surface area contributed by atoms with Gasteiger partial charge in [0.2, 0.25) is 0 Å². The lowest BCUT2D eigenvalue weighted by atomic mass is 10.0. The molecule has 0 aliphatic rings. The van der Waals surface area contributed by atoms with Crippen molar-refractivity contribution in [2.75, 3.05) is 0 Å². The maximum atomic E-state index is 13.7. The van der Waals surface area contributed by atoms with Crippen molar-refractivity contribution in [1.29, 1.82) is 0 Å². The van der Waals surface area contributed by atoms with Crippen molar-refractivity contribution in [3.05, 3.63) is 60.4 Å². The monoisotopic (exact) mass is 254 g/mol. The van der Waals surface area contributed by atoms with Crippen LogP contribution in [0.4, 0.5) is 4.39 Å². The first-order valence-corrected chi connectivity index (χ1v) is 5.86. The molecule has 0 heterocycles. The second kappa shape index (κ2) is 4.28. The van der Waals surface area contributed by atoms with E-state index in [1.165, 1.54) is 12.1 Å². The normalized spacial score (nSPS) is 10.8. The Kier molecular flexibility index (Phi) is 2.60. The van der Waals surface area contributed by atoms with Gasteiger partial charge in [0.05, 0.1) is 0 Å². The largest absolute Gasteiger partial charge is 0.504 e. The summed E-state index contributed by atoms with van der Waals surface area (Å²) in [6.07, 6.45) is 0. The molecule has 0 aliphatic heterocycles. The number of phenols is 2. The Balaban J connectivity index is 2.23. The average Bonchev–Trinajstić information content (AvgIpc) is 2.43. The second-order valence-corrected chi connectivity index (χ2v) is 4.35. The van der Waals surface area contributed by atoms with Gasteiger partial charge in [-0.25, -0.2) is 4.39 Å². The van der Waals surface area contributed by atoms with Crippen LogP contribution in [0.3, 0.4) is 0 Å².